The number of carbonyl (C=O) groups is 4. The van der Waals surface area contributed by atoms with Gasteiger partial charge >= 0.3 is 11.9 Å². The average molecular weight is 244 g/mol. The second-order valence-corrected chi connectivity index (χ2v) is 3.64. The van der Waals surface area contributed by atoms with Crippen molar-refractivity contribution in [3.8, 4) is 0 Å². The van der Waals surface area contributed by atoms with E-state index in [0.29, 0.717) is 4.90 Å². The maximum Gasteiger partial charge on any atom is 0.323 e. The van der Waals surface area contributed by atoms with Crippen LogP contribution in [0.1, 0.15) is 12.8 Å². The van der Waals surface area contributed by atoms with Crippen LogP contribution in [0.5, 0.6) is 0 Å². The van der Waals surface area contributed by atoms with E-state index in [9.17, 15) is 19.2 Å². The smallest absolute Gasteiger partial charge is 0.323 e. The van der Waals surface area contributed by atoms with Crippen LogP contribution in [0.4, 0.5) is 0 Å². The summed E-state index contributed by atoms with van der Waals surface area (Å²) >= 11 is 0. The van der Waals surface area contributed by atoms with Crippen LogP contribution in [0.25, 0.3) is 0 Å². The van der Waals surface area contributed by atoms with E-state index in [1.807, 2.05) is 0 Å². The molecule has 94 valence electrons. The van der Waals surface area contributed by atoms with Crippen molar-refractivity contribution in [3.63, 3.8) is 0 Å². The van der Waals surface area contributed by atoms with Gasteiger partial charge in [0.05, 0.1) is 0 Å². The molecule has 0 radical (unpaired) electrons. The molecule has 0 aromatic carbocycles. The molecule has 1 heterocycles. The Morgan fingerprint density at radius 1 is 1.24 bits per heavy atom. The molecule has 0 aromatic heterocycles. The number of hydrogen-bond donors (Lipinski definition) is 3. The Labute approximate surface area is 96.2 Å². The van der Waals surface area contributed by atoms with Crippen molar-refractivity contribution in [3.05, 3.63) is 0 Å². The highest BCUT2D eigenvalue weighted by molar-refractivity contribution is 5.93. The number of carboxylic acids is 2. The van der Waals surface area contributed by atoms with E-state index in [1.54, 1.807) is 0 Å². The molecule has 0 saturated carbocycles. The molecule has 1 saturated heterocycles. The second kappa shape index (κ2) is 5.28. The molecule has 0 unspecified atom stereocenters. The van der Waals surface area contributed by atoms with Gasteiger partial charge in [0.1, 0.15) is 19.1 Å². The van der Waals surface area contributed by atoms with Crippen molar-refractivity contribution in [1.29, 1.82) is 0 Å². The van der Waals surface area contributed by atoms with Crippen LogP contribution in [0, 0.1) is 0 Å². The lowest BCUT2D eigenvalue weighted by molar-refractivity contribution is -0.150. The van der Waals surface area contributed by atoms with E-state index in [0.717, 1.165) is 0 Å². The molecule has 1 fully saturated rings. The van der Waals surface area contributed by atoms with Crippen molar-refractivity contribution < 1.29 is 29.4 Å². The third-order valence-electron chi connectivity index (χ3n) is 2.26. The molecule has 17 heavy (non-hydrogen) atoms. The van der Waals surface area contributed by atoms with E-state index in [1.165, 1.54) is 0 Å². The Morgan fingerprint density at radius 2 is 1.76 bits per heavy atom. The first-order valence-electron chi connectivity index (χ1n) is 4.92. The topological polar surface area (TPSA) is 124 Å². The summed E-state index contributed by atoms with van der Waals surface area (Å²) in [6.07, 6.45) is 0.442. The SMILES string of the molecule is O=C(O)CN(CC(=O)O)C(=O)[C@H]1CCC(=O)N1. The van der Waals surface area contributed by atoms with Gasteiger partial charge in [-0.2, -0.15) is 0 Å². The highest BCUT2D eigenvalue weighted by Gasteiger charge is 2.32. The number of rotatable bonds is 5. The highest BCUT2D eigenvalue weighted by Crippen LogP contribution is 2.09. The van der Waals surface area contributed by atoms with Gasteiger partial charge in [-0.25, -0.2) is 0 Å². The van der Waals surface area contributed by atoms with Crippen molar-refractivity contribution >= 4 is 23.8 Å². The average Bonchev–Trinajstić information content (AvgIpc) is 2.61. The Hall–Kier alpha value is -2.12. The number of hydrogen-bond acceptors (Lipinski definition) is 4. The van der Waals surface area contributed by atoms with Crippen LogP contribution >= 0.6 is 0 Å². The number of nitrogens with one attached hydrogen (secondary N) is 1. The van der Waals surface area contributed by atoms with Gasteiger partial charge in [-0.05, 0) is 6.42 Å². The number of carbonyl (C=O) groups excluding carboxylic acids is 2. The largest absolute Gasteiger partial charge is 0.480 e. The van der Waals surface area contributed by atoms with Crippen LogP contribution in [0.3, 0.4) is 0 Å². The van der Waals surface area contributed by atoms with Crippen LogP contribution in [0.15, 0.2) is 0 Å². The minimum absolute atomic E-state index is 0.185. The zero-order valence-corrected chi connectivity index (χ0v) is 8.88. The minimum Gasteiger partial charge on any atom is -0.480 e. The van der Waals surface area contributed by atoms with Gasteiger partial charge in [-0.3, -0.25) is 19.2 Å². The quantitative estimate of drug-likeness (QED) is 0.527. The van der Waals surface area contributed by atoms with E-state index in [2.05, 4.69) is 5.32 Å². The summed E-state index contributed by atoms with van der Waals surface area (Å²) in [5, 5.41) is 19.5. The zero-order valence-electron chi connectivity index (χ0n) is 8.88. The van der Waals surface area contributed by atoms with E-state index in [4.69, 9.17) is 10.2 Å². The maximum absolute atomic E-state index is 11.7. The molecule has 8 nitrogen and oxygen atoms in total. The van der Waals surface area contributed by atoms with Crippen molar-refractivity contribution in [2.45, 2.75) is 18.9 Å². The van der Waals surface area contributed by atoms with Crippen molar-refractivity contribution in [1.82, 2.24) is 10.2 Å². The van der Waals surface area contributed by atoms with E-state index >= 15 is 0 Å². The number of aliphatic carboxylic acids is 2. The summed E-state index contributed by atoms with van der Waals surface area (Å²) in [4.78, 5) is 44.4. The summed E-state index contributed by atoms with van der Waals surface area (Å²) in [6.45, 7) is -1.39. The fourth-order valence-corrected chi connectivity index (χ4v) is 1.56. The summed E-state index contributed by atoms with van der Waals surface area (Å²) in [7, 11) is 0. The normalized spacial score (nSPS) is 18.6. The molecule has 1 rings (SSSR count). The second-order valence-electron chi connectivity index (χ2n) is 3.64. The van der Waals surface area contributed by atoms with Crippen LogP contribution in [-0.2, 0) is 19.2 Å². The van der Waals surface area contributed by atoms with Crippen LogP contribution < -0.4 is 5.32 Å². The molecule has 1 atom stereocenters. The maximum atomic E-state index is 11.7. The van der Waals surface area contributed by atoms with Crippen molar-refractivity contribution in [2.75, 3.05) is 13.1 Å². The van der Waals surface area contributed by atoms with Crippen molar-refractivity contribution in [2.24, 2.45) is 0 Å². The Balaban J connectivity index is 2.67. The van der Waals surface area contributed by atoms with Gasteiger partial charge in [0.25, 0.3) is 0 Å². The summed E-state index contributed by atoms with van der Waals surface area (Å²) in [5.41, 5.74) is 0. The van der Waals surface area contributed by atoms with Gasteiger partial charge in [0.2, 0.25) is 11.8 Å². The zero-order chi connectivity index (χ0) is 13.0. The lowest BCUT2D eigenvalue weighted by Crippen LogP contribution is -2.48. The Kier molecular flexibility index (Phi) is 4.02. The summed E-state index contributed by atoms with van der Waals surface area (Å²) in [6, 6.07) is -0.818. The van der Waals surface area contributed by atoms with Crippen LogP contribution in [0.2, 0.25) is 0 Å². The van der Waals surface area contributed by atoms with Gasteiger partial charge in [0.15, 0.2) is 0 Å². The van der Waals surface area contributed by atoms with Gasteiger partial charge in [0, 0.05) is 6.42 Å². The van der Waals surface area contributed by atoms with Crippen LogP contribution in [-0.4, -0.2) is 58.0 Å². The third-order valence-corrected chi connectivity index (χ3v) is 2.26. The van der Waals surface area contributed by atoms with Gasteiger partial charge < -0.3 is 20.4 Å². The molecule has 0 bridgehead atoms. The monoisotopic (exact) mass is 244 g/mol. The molecule has 1 aliphatic heterocycles. The minimum atomic E-state index is -1.30. The molecule has 8 heteroatoms. The molecule has 0 aliphatic carbocycles. The lowest BCUT2D eigenvalue weighted by Gasteiger charge is -2.21. The molecular formula is C9H12N2O6. The summed E-state index contributed by atoms with van der Waals surface area (Å²) in [5.74, 6) is -3.58. The fourth-order valence-electron chi connectivity index (χ4n) is 1.56. The number of nitrogens with zero attached hydrogens (tertiary/aromatic N) is 1. The van der Waals surface area contributed by atoms with Gasteiger partial charge in [-0.1, -0.05) is 0 Å². The molecule has 2 amide bonds. The predicted molar refractivity (Wildman–Crippen MR) is 53.0 cm³/mol. The summed E-state index contributed by atoms with van der Waals surface area (Å²) < 4.78 is 0. The molecule has 0 spiro atoms. The predicted octanol–water partition coefficient (Wildman–Crippen LogP) is -1.74. The van der Waals surface area contributed by atoms with E-state index in [-0.39, 0.29) is 18.7 Å². The first-order valence-corrected chi connectivity index (χ1v) is 4.92. The third kappa shape index (κ3) is 3.74. The highest BCUT2D eigenvalue weighted by atomic mass is 16.4. The molecule has 1 aliphatic rings. The fraction of sp³-hybridized carbons (Fsp3) is 0.556. The lowest BCUT2D eigenvalue weighted by atomic mass is 10.2. The molecule has 3 N–H and O–H groups in total. The standard InChI is InChI=1S/C9H12N2O6/c12-6-2-1-5(10-6)9(17)11(3-7(13)14)4-8(15)16/h5H,1-4H2,(H,10,12)(H,13,14)(H,15,16)/t5-/m1/s1. The number of amides is 2. The van der Waals surface area contributed by atoms with E-state index < -0.39 is 37.0 Å². The van der Waals surface area contributed by atoms with Gasteiger partial charge in [-0.15, -0.1) is 0 Å². The Morgan fingerprint density at radius 3 is 2.12 bits per heavy atom. The molecular weight excluding hydrogens is 232 g/mol. The first-order chi connectivity index (χ1) is 7.90. The molecule has 0 aromatic rings. The Bertz CT molecular complexity index is 350. The first kappa shape index (κ1) is 12.9. The number of carboxylic acid groups (broad SMARTS) is 2.